The number of non-ortho nitro benzene ring substituents is 1. The van der Waals surface area contributed by atoms with Gasteiger partial charge in [0.25, 0.3) is 5.69 Å². The third-order valence-electron chi connectivity index (χ3n) is 5.14. The van der Waals surface area contributed by atoms with E-state index in [2.05, 4.69) is 12.2 Å². The van der Waals surface area contributed by atoms with Gasteiger partial charge < -0.3 is 5.32 Å². The van der Waals surface area contributed by atoms with Gasteiger partial charge in [-0.2, -0.15) is 0 Å². The molecule has 3 atom stereocenters. The zero-order valence-corrected chi connectivity index (χ0v) is 15.8. The van der Waals surface area contributed by atoms with Crippen LogP contribution in [-0.4, -0.2) is 34.9 Å². The summed E-state index contributed by atoms with van der Waals surface area (Å²) in [5.74, 6) is 0.490. The maximum absolute atomic E-state index is 12.6. The summed E-state index contributed by atoms with van der Waals surface area (Å²) in [6.07, 6.45) is 4.57. The van der Waals surface area contributed by atoms with Crippen LogP contribution in [0.15, 0.2) is 18.2 Å². The van der Waals surface area contributed by atoms with Crippen molar-refractivity contribution < 1.29 is 9.72 Å². The number of benzene rings is 1. The van der Waals surface area contributed by atoms with E-state index >= 15 is 0 Å². The first-order chi connectivity index (χ1) is 11.8. The normalized spacial score (nSPS) is 21.8. The highest BCUT2D eigenvalue weighted by molar-refractivity contribution is 6.31. The molecule has 1 aliphatic rings. The second-order valence-electron chi connectivity index (χ2n) is 7.00. The molecule has 138 valence electrons. The number of likely N-dealkylation sites (N-methyl/N-ethyl adjacent to an activating group) is 1. The number of nitrogens with zero attached hydrogens (tertiary/aromatic N) is 2. The predicted molar refractivity (Wildman–Crippen MR) is 98.6 cm³/mol. The van der Waals surface area contributed by atoms with Crippen LogP contribution in [0, 0.1) is 16.0 Å². The number of rotatable bonds is 6. The Morgan fingerprint density at radius 2 is 2.12 bits per heavy atom. The summed E-state index contributed by atoms with van der Waals surface area (Å²) in [7, 11) is 1.82. The summed E-state index contributed by atoms with van der Waals surface area (Å²) in [5.41, 5.74) is 0.644. The first-order valence-corrected chi connectivity index (χ1v) is 9.10. The van der Waals surface area contributed by atoms with Crippen molar-refractivity contribution in [2.24, 2.45) is 5.92 Å². The molecule has 0 heterocycles. The molecular formula is C18H26ClN3O3. The monoisotopic (exact) mass is 367 g/mol. The first kappa shape index (κ1) is 19.7. The molecule has 0 spiro atoms. The fraction of sp³-hybridized carbons (Fsp3) is 0.611. The topological polar surface area (TPSA) is 75.5 Å². The maximum Gasteiger partial charge on any atom is 0.269 e. The minimum Gasteiger partial charge on any atom is -0.352 e. The number of nitro groups is 1. The van der Waals surface area contributed by atoms with Crippen LogP contribution in [0.1, 0.15) is 45.1 Å². The third kappa shape index (κ3) is 5.16. The highest BCUT2D eigenvalue weighted by Crippen LogP contribution is 2.25. The second-order valence-corrected chi connectivity index (χ2v) is 7.41. The Labute approximate surface area is 153 Å². The quantitative estimate of drug-likeness (QED) is 0.613. The number of nitrogens with one attached hydrogen (secondary N) is 1. The third-order valence-corrected chi connectivity index (χ3v) is 5.51. The number of hydrogen-bond donors (Lipinski definition) is 1. The van der Waals surface area contributed by atoms with E-state index in [0.29, 0.717) is 23.0 Å². The van der Waals surface area contributed by atoms with Gasteiger partial charge in [0, 0.05) is 29.7 Å². The van der Waals surface area contributed by atoms with Gasteiger partial charge in [-0.15, -0.1) is 0 Å². The highest BCUT2D eigenvalue weighted by Gasteiger charge is 2.26. The molecule has 7 heteroatoms. The molecule has 2 rings (SSSR count). The van der Waals surface area contributed by atoms with E-state index in [0.717, 1.165) is 19.3 Å². The van der Waals surface area contributed by atoms with Crippen LogP contribution in [0.5, 0.6) is 0 Å². The van der Waals surface area contributed by atoms with Crippen LogP contribution in [0.4, 0.5) is 5.69 Å². The Morgan fingerprint density at radius 1 is 1.44 bits per heavy atom. The molecule has 0 saturated heterocycles. The molecule has 1 aromatic carbocycles. The lowest BCUT2D eigenvalue weighted by Gasteiger charge is -2.32. The van der Waals surface area contributed by atoms with Gasteiger partial charge in [-0.1, -0.05) is 31.4 Å². The maximum atomic E-state index is 12.6. The summed E-state index contributed by atoms with van der Waals surface area (Å²) < 4.78 is 0. The molecule has 0 aliphatic heterocycles. The van der Waals surface area contributed by atoms with Gasteiger partial charge in [0.05, 0.1) is 11.0 Å². The first-order valence-electron chi connectivity index (χ1n) is 8.73. The summed E-state index contributed by atoms with van der Waals surface area (Å²) in [6, 6.07) is 4.26. The molecule has 25 heavy (non-hydrogen) atoms. The number of nitro benzene ring substituents is 1. The van der Waals surface area contributed by atoms with Crippen molar-refractivity contribution in [1.82, 2.24) is 10.2 Å². The second kappa shape index (κ2) is 8.63. The van der Waals surface area contributed by atoms with E-state index in [1.54, 1.807) is 0 Å². The van der Waals surface area contributed by atoms with E-state index in [4.69, 9.17) is 11.6 Å². The number of hydrogen-bond acceptors (Lipinski definition) is 4. The Hall–Kier alpha value is -1.66. The lowest BCUT2D eigenvalue weighted by atomic mass is 9.86. The van der Waals surface area contributed by atoms with Crippen molar-refractivity contribution in [2.75, 3.05) is 7.05 Å². The Balaban J connectivity index is 1.99. The molecule has 0 bridgehead atoms. The average molecular weight is 368 g/mol. The number of amides is 1. The van der Waals surface area contributed by atoms with Crippen LogP contribution >= 0.6 is 11.6 Å². The molecule has 0 radical (unpaired) electrons. The van der Waals surface area contributed by atoms with Crippen molar-refractivity contribution >= 4 is 23.2 Å². The van der Waals surface area contributed by atoms with Gasteiger partial charge in [-0.3, -0.25) is 19.8 Å². The molecule has 1 aromatic rings. The molecular weight excluding hydrogens is 342 g/mol. The molecule has 3 unspecified atom stereocenters. The van der Waals surface area contributed by atoms with Crippen LogP contribution in [-0.2, 0) is 11.3 Å². The molecule has 6 nitrogen and oxygen atoms in total. The van der Waals surface area contributed by atoms with E-state index in [1.807, 2.05) is 18.9 Å². The van der Waals surface area contributed by atoms with Crippen LogP contribution < -0.4 is 5.32 Å². The summed E-state index contributed by atoms with van der Waals surface area (Å²) in [6.45, 7) is 4.39. The lowest BCUT2D eigenvalue weighted by molar-refractivity contribution is -0.384. The zero-order chi connectivity index (χ0) is 18.6. The van der Waals surface area contributed by atoms with Gasteiger partial charge in [0.2, 0.25) is 5.91 Å². The SMILES string of the molecule is CC1CCCCC1NC(=O)C(C)N(C)Cc1cc([N+](=O)[O-])ccc1Cl. The largest absolute Gasteiger partial charge is 0.352 e. The van der Waals surface area contributed by atoms with Gasteiger partial charge >= 0.3 is 0 Å². The minimum atomic E-state index is -0.444. The summed E-state index contributed by atoms with van der Waals surface area (Å²) >= 11 is 6.15. The van der Waals surface area contributed by atoms with Gasteiger partial charge in [0.1, 0.15) is 0 Å². The van der Waals surface area contributed by atoms with Crippen LogP contribution in [0.3, 0.4) is 0 Å². The van der Waals surface area contributed by atoms with Crippen LogP contribution in [0.25, 0.3) is 0 Å². The van der Waals surface area contributed by atoms with Crippen molar-refractivity contribution in [3.63, 3.8) is 0 Å². The standard InChI is InChI=1S/C18H26ClN3O3/c1-12-6-4-5-7-17(12)20-18(23)13(2)21(3)11-14-10-15(22(24)25)8-9-16(14)19/h8-10,12-13,17H,4-7,11H2,1-3H3,(H,20,23). The van der Waals surface area contributed by atoms with Crippen molar-refractivity contribution in [1.29, 1.82) is 0 Å². The molecule has 1 N–H and O–H groups in total. The van der Waals surface area contributed by atoms with Crippen LogP contribution in [0.2, 0.25) is 5.02 Å². The number of carbonyl (C=O) groups excluding carboxylic acids is 1. The molecule has 1 fully saturated rings. The van der Waals surface area contributed by atoms with Crippen molar-refractivity contribution in [2.45, 2.75) is 58.2 Å². The van der Waals surface area contributed by atoms with E-state index in [-0.39, 0.29) is 23.7 Å². The summed E-state index contributed by atoms with van der Waals surface area (Å²) in [4.78, 5) is 24.9. The van der Waals surface area contributed by atoms with E-state index in [9.17, 15) is 14.9 Å². The minimum absolute atomic E-state index is 0.000866. The lowest BCUT2D eigenvalue weighted by Crippen LogP contribution is -2.49. The Kier molecular flexibility index (Phi) is 6.79. The van der Waals surface area contributed by atoms with Crippen molar-refractivity contribution in [3.8, 4) is 0 Å². The Bertz CT molecular complexity index is 638. The fourth-order valence-electron chi connectivity index (χ4n) is 3.24. The van der Waals surface area contributed by atoms with E-state index in [1.165, 1.54) is 24.6 Å². The summed E-state index contributed by atoms with van der Waals surface area (Å²) in [5, 5.41) is 14.6. The zero-order valence-electron chi connectivity index (χ0n) is 15.0. The number of carbonyl (C=O) groups is 1. The van der Waals surface area contributed by atoms with Gasteiger partial charge in [-0.25, -0.2) is 0 Å². The van der Waals surface area contributed by atoms with E-state index < -0.39 is 4.92 Å². The fourth-order valence-corrected chi connectivity index (χ4v) is 3.41. The van der Waals surface area contributed by atoms with Crippen molar-refractivity contribution in [3.05, 3.63) is 38.9 Å². The smallest absolute Gasteiger partial charge is 0.269 e. The average Bonchev–Trinajstić information content (AvgIpc) is 2.57. The number of halogens is 1. The van der Waals surface area contributed by atoms with Gasteiger partial charge in [0.15, 0.2) is 0 Å². The Morgan fingerprint density at radius 3 is 2.76 bits per heavy atom. The van der Waals surface area contributed by atoms with Gasteiger partial charge in [-0.05, 0) is 44.4 Å². The molecule has 1 aliphatic carbocycles. The predicted octanol–water partition coefficient (Wildman–Crippen LogP) is 3.76. The molecule has 1 saturated carbocycles. The highest BCUT2D eigenvalue weighted by atomic mass is 35.5. The molecule has 1 amide bonds. The molecule has 0 aromatic heterocycles.